The lowest BCUT2D eigenvalue weighted by Gasteiger charge is -2.06. The lowest BCUT2D eigenvalue weighted by atomic mass is 10.3. The minimum Gasteiger partial charge on any atom is -0.494 e. The molecule has 0 heterocycles. The van der Waals surface area contributed by atoms with Gasteiger partial charge in [0.1, 0.15) is 5.75 Å². The lowest BCUT2D eigenvalue weighted by Crippen LogP contribution is -2.05. The number of anilines is 1. The van der Waals surface area contributed by atoms with Gasteiger partial charge in [-0.3, -0.25) is 4.79 Å². The van der Waals surface area contributed by atoms with Gasteiger partial charge >= 0.3 is 0 Å². The van der Waals surface area contributed by atoms with Crippen molar-refractivity contribution in [2.75, 3.05) is 17.7 Å². The van der Waals surface area contributed by atoms with Gasteiger partial charge in [0.25, 0.3) is 0 Å². The molecule has 82 valence electrons. The molecule has 0 unspecified atom stereocenters. The van der Waals surface area contributed by atoms with E-state index in [-0.39, 0.29) is 5.91 Å². The molecule has 0 saturated carbocycles. The molecule has 1 N–H and O–H groups in total. The van der Waals surface area contributed by atoms with E-state index in [1.165, 1.54) is 6.92 Å². The highest BCUT2D eigenvalue weighted by Gasteiger charge is 1.96. The summed E-state index contributed by atoms with van der Waals surface area (Å²) in [6, 6.07) is 7.31. The zero-order valence-electron chi connectivity index (χ0n) is 8.69. The van der Waals surface area contributed by atoms with Gasteiger partial charge in [0, 0.05) is 12.6 Å². The van der Waals surface area contributed by atoms with Crippen molar-refractivity contribution in [2.45, 2.75) is 13.3 Å². The summed E-state index contributed by atoms with van der Waals surface area (Å²) in [5.74, 6) is 1.56. The van der Waals surface area contributed by atoms with E-state index < -0.39 is 0 Å². The summed E-state index contributed by atoms with van der Waals surface area (Å²) in [5, 5.41) is 2.69. The van der Waals surface area contributed by atoms with Crippen molar-refractivity contribution in [3.05, 3.63) is 24.3 Å². The number of amides is 1. The summed E-state index contributed by atoms with van der Waals surface area (Å²) in [7, 11) is 0. The quantitative estimate of drug-likeness (QED) is 0.596. The smallest absolute Gasteiger partial charge is 0.221 e. The molecular weight excluding hydrogens is 210 g/mol. The van der Waals surface area contributed by atoms with E-state index in [1.54, 1.807) is 0 Å². The van der Waals surface area contributed by atoms with Crippen LogP contribution in [0.3, 0.4) is 0 Å². The number of rotatable bonds is 5. The molecule has 1 amide bonds. The van der Waals surface area contributed by atoms with Crippen LogP contribution in [0.1, 0.15) is 13.3 Å². The highest BCUT2D eigenvalue weighted by Crippen LogP contribution is 2.15. The van der Waals surface area contributed by atoms with Crippen LogP contribution in [-0.2, 0) is 4.79 Å². The Hall–Kier alpha value is -1.16. The second kappa shape index (κ2) is 6.35. The number of hydrogen-bond donors (Lipinski definition) is 2. The van der Waals surface area contributed by atoms with Gasteiger partial charge in [0.2, 0.25) is 5.91 Å². The Balaban J connectivity index is 2.45. The molecule has 0 aliphatic carbocycles. The minimum atomic E-state index is -0.0706. The largest absolute Gasteiger partial charge is 0.494 e. The molecular formula is C11H15NO2S. The molecule has 4 heteroatoms. The van der Waals surface area contributed by atoms with Crippen molar-refractivity contribution in [3.8, 4) is 5.75 Å². The molecule has 3 nitrogen and oxygen atoms in total. The van der Waals surface area contributed by atoms with Crippen molar-refractivity contribution >= 4 is 24.2 Å². The third kappa shape index (κ3) is 4.74. The second-order valence-corrected chi connectivity index (χ2v) is 3.58. The number of thiol groups is 1. The molecule has 1 aromatic carbocycles. The lowest BCUT2D eigenvalue weighted by molar-refractivity contribution is -0.114. The summed E-state index contributed by atoms with van der Waals surface area (Å²) in [6.07, 6.45) is 0.927. The van der Waals surface area contributed by atoms with Gasteiger partial charge in [-0.05, 0) is 36.4 Å². The standard InChI is InChI=1S/C11H15NO2S/c1-9(13)12-10-3-5-11(6-4-10)14-7-2-8-15/h3-6,15H,2,7-8H2,1H3,(H,12,13). The van der Waals surface area contributed by atoms with E-state index >= 15 is 0 Å². The molecule has 0 radical (unpaired) electrons. The van der Waals surface area contributed by atoms with E-state index in [2.05, 4.69) is 17.9 Å². The maximum absolute atomic E-state index is 10.8. The first-order valence-electron chi connectivity index (χ1n) is 4.83. The zero-order chi connectivity index (χ0) is 11.1. The van der Waals surface area contributed by atoms with Gasteiger partial charge in [-0.1, -0.05) is 0 Å². The number of hydrogen-bond acceptors (Lipinski definition) is 3. The van der Waals surface area contributed by atoms with Crippen LogP contribution in [0.15, 0.2) is 24.3 Å². The average Bonchev–Trinajstić information content (AvgIpc) is 2.20. The normalized spacial score (nSPS) is 9.73. The van der Waals surface area contributed by atoms with Gasteiger partial charge in [0.15, 0.2) is 0 Å². The number of carbonyl (C=O) groups is 1. The Morgan fingerprint density at radius 3 is 2.60 bits per heavy atom. The van der Waals surface area contributed by atoms with Crippen LogP contribution in [0.4, 0.5) is 5.69 Å². The molecule has 1 aromatic rings. The van der Waals surface area contributed by atoms with Gasteiger partial charge in [0.05, 0.1) is 6.61 Å². The van der Waals surface area contributed by atoms with Crippen LogP contribution < -0.4 is 10.1 Å². The van der Waals surface area contributed by atoms with Crippen molar-refractivity contribution in [1.82, 2.24) is 0 Å². The SMILES string of the molecule is CC(=O)Nc1ccc(OCCCS)cc1. The molecule has 0 saturated heterocycles. The van der Waals surface area contributed by atoms with Crippen molar-refractivity contribution in [3.63, 3.8) is 0 Å². The Bertz CT molecular complexity index is 311. The molecule has 0 aliphatic heterocycles. The topological polar surface area (TPSA) is 38.3 Å². The maximum atomic E-state index is 10.8. The van der Waals surface area contributed by atoms with Crippen molar-refractivity contribution in [1.29, 1.82) is 0 Å². The monoisotopic (exact) mass is 225 g/mol. The summed E-state index contributed by atoms with van der Waals surface area (Å²) in [4.78, 5) is 10.8. The van der Waals surface area contributed by atoms with E-state index in [9.17, 15) is 4.79 Å². The van der Waals surface area contributed by atoms with E-state index in [0.29, 0.717) is 6.61 Å². The Morgan fingerprint density at radius 2 is 2.07 bits per heavy atom. The third-order valence-corrected chi connectivity index (χ3v) is 2.06. The number of nitrogens with one attached hydrogen (secondary N) is 1. The first-order valence-corrected chi connectivity index (χ1v) is 5.47. The van der Waals surface area contributed by atoms with Crippen molar-refractivity contribution in [2.24, 2.45) is 0 Å². The fraction of sp³-hybridized carbons (Fsp3) is 0.364. The Morgan fingerprint density at radius 1 is 1.40 bits per heavy atom. The van der Waals surface area contributed by atoms with Crippen LogP contribution in [0.5, 0.6) is 5.75 Å². The number of ether oxygens (including phenoxy) is 1. The van der Waals surface area contributed by atoms with Gasteiger partial charge in [-0.2, -0.15) is 12.6 Å². The van der Waals surface area contributed by atoms with Crippen LogP contribution in [-0.4, -0.2) is 18.3 Å². The first-order chi connectivity index (χ1) is 7.22. The summed E-state index contributed by atoms with van der Waals surface area (Å²) >= 11 is 4.09. The number of benzene rings is 1. The summed E-state index contributed by atoms with van der Waals surface area (Å²) in [5.41, 5.74) is 0.782. The molecule has 0 bridgehead atoms. The van der Waals surface area contributed by atoms with Crippen molar-refractivity contribution < 1.29 is 9.53 Å². The Kier molecular flexibility index (Phi) is 5.04. The average molecular weight is 225 g/mol. The van der Waals surface area contributed by atoms with E-state index in [0.717, 1.165) is 23.6 Å². The molecule has 1 rings (SSSR count). The molecule has 15 heavy (non-hydrogen) atoms. The minimum absolute atomic E-state index is 0.0706. The predicted molar refractivity (Wildman–Crippen MR) is 64.7 cm³/mol. The van der Waals surface area contributed by atoms with Crippen LogP contribution >= 0.6 is 12.6 Å². The molecule has 0 aromatic heterocycles. The van der Waals surface area contributed by atoms with Gasteiger partial charge < -0.3 is 10.1 Å². The Labute approximate surface area is 95.2 Å². The van der Waals surface area contributed by atoms with E-state index in [1.807, 2.05) is 24.3 Å². The second-order valence-electron chi connectivity index (χ2n) is 3.13. The number of carbonyl (C=O) groups excluding carboxylic acids is 1. The molecule has 0 aliphatic rings. The molecule has 0 spiro atoms. The molecule has 0 atom stereocenters. The van der Waals surface area contributed by atoms with Crippen LogP contribution in [0.25, 0.3) is 0 Å². The highest BCUT2D eigenvalue weighted by atomic mass is 32.1. The van der Waals surface area contributed by atoms with E-state index in [4.69, 9.17) is 4.74 Å². The fourth-order valence-electron chi connectivity index (χ4n) is 1.09. The van der Waals surface area contributed by atoms with Crippen LogP contribution in [0.2, 0.25) is 0 Å². The van der Waals surface area contributed by atoms with Crippen LogP contribution in [0, 0.1) is 0 Å². The summed E-state index contributed by atoms with van der Waals surface area (Å²) in [6.45, 7) is 2.15. The maximum Gasteiger partial charge on any atom is 0.221 e. The fourth-order valence-corrected chi connectivity index (χ4v) is 1.22. The zero-order valence-corrected chi connectivity index (χ0v) is 9.59. The summed E-state index contributed by atoms with van der Waals surface area (Å²) < 4.78 is 5.44. The highest BCUT2D eigenvalue weighted by molar-refractivity contribution is 7.80. The molecule has 0 fully saturated rings. The van der Waals surface area contributed by atoms with Gasteiger partial charge in [-0.25, -0.2) is 0 Å². The van der Waals surface area contributed by atoms with Gasteiger partial charge in [-0.15, -0.1) is 0 Å². The predicted octanol–water partition coefficient (Wildman–Crippen LogP) is 2.34. The third-order valence-electron chi connectivity index (χ3n) is 1.75. The first kappa shape index (κ1) is 11.9.